The van der Waals surface area contributed by atoms with E-state index in [1.807, 2.05) is 19.1 Å². The number of nitrogens with two attached hydrogens (primary N) is 1. The third-order valence-electron chi connectivity index (χ3n) is 2.56. The molecular formula is C14H13BrN2O. The van der Waals surface area contributed by atoms with Gasteiger partial charge in [-0.15, -0.1) is 0 Å². The lowest BCUT2D eigenvalue weighted by Crippen LogP contribution is -2.12. The number of nitrogens with one attached hydrogen (secondary N) is 1. The summed E-state index contributed by atoms with van der Waals surface area (Å²) in [6.45, 7) is 1.95. The minimum absolute atomic E-state index is 0.142. The first-order chi connectivity index (χ1) is 8.56. The zero-order valence-corrected chi connectivity index (χ0v) is 11.5. The number of aryl methyl sites for hydroxylation is 1. The van der Waals surface area contributed by atoms with Crippen LogP contribution in [0.3, 0.4) is 0 Å². The average Bonchev–Trinajstić information content (AvgIpc) is 2.32. The summed E-state index contributed by atoms with van der Waals surface area (Å²) in [6.07, 6.45) is 0. The second-order valence-corrected chi connectivity index (χ2v) is 4.90. The molecule has 92 valence electrons. The van der Waals surface area contributed by atoms with E-state index < -0.39 is 0 Å². The predicted molar refractivity (Wildman–Crippen MR) is 77.7 cm³/mol. The molecule has 0 aliphatic carbocycles. The number of halogens is 1. The molecule has 0 heterocycles. The van der Waals surface area contributed by atoms with E-state index in [0.717, 1.165) is 10.0 Å². The third kappa shape index (κ3) is 2.90. The van der Waals surface area contributed by atoms with Crippen molar-refractivity contribution >= 4 is 33.2 Å². The maximum atomic E-state index is 12.0. The molecule has 2 aromatic carbocycles. The number of anilines is 2. The van der Waals surface area contributed by atoms with Crippen LogP contribution in [0.4, 0.5) is 11.4 Å². The Morgan fingerprint density at radius 3 is 2.67 bits per heavy atom. The number of rotatable bonds is 2. The van der Waals surface area contributed by atoms with Crippen LogP contribution < -0.4 is 11.1 Å². The van der Waals surface area contributed by atoms with E-state index >= 15 is 0 Å². The average molecular weight is 305 g/mol. The van der Waals surface area contributed by atoms with Gasteiger partial charge in [-0.1, -0.05) is 22.0 Å². The first-order valence-corrected chi connectivity index (χ1v) is 6.28. The Hall–Kier alpha value is -1.81. The van der Waals surface area contributed by atoms with E-state index in [0.29, 0.717) is 16.9 Å². The fourth-order valence-electron chi connectivity index (χ4n) is 1.61. The van der Waals surface area contributed by atoms with E-state index in [1.54, 1.807) is 30.3 Å². The van der Waals surface area contributed by atoms with Crippen molar-refractivity contribution < 1.29 is 4.79 Å². The summed E-state index contributed by atoms with van der Waals surface area (Å²) in [4.78, 5) is 12.0. The molecule has 4 heteroatoms. The van der Waals surface area contributed by atoms with Crippen molar-refractivity contribution in [1.82, 2.24) is 0 Å². The van der Waals surface area contributed by atoms with Crippen LogP contribution in [-0.2, 0) is 0 Å². The van der Waals surface area contributed by atoms with Crippen LogP contribution in [0.2, 0.25) is 0 Å². The molecule has 2 aromatic rings. The second kappa shape index (κ2) is 5.23. The highest BCUT2D eigenvalue weighted by atomic mass is 79.9. The van der Waals surface area contributed by atoms with Gasteiger partial charge in [-0.25, -0.2) is 0 Å². The first-order valence-electron chi connectivity index (χ1n) is 5.49. The topological polar surface area (TPSA) is 55.1 Å². The third-order valence-corrected chi connectivity index (χ3v) is 3.45. The van der Waals surface area contributed by atoms with Crippen LogP contribution in [0, 0.1) is 6.92 Å². The van der Waals surface area contributed by atoms with Crippen molar-refractivity contribution in [2.24, 2.45) is 0 Å². The highest BCUT2D eigenvalue weighted by Gasteiger charge is 2.07. The maximum absolute atomic E-state index is 12.0. The highest BCUT2D eigenvalue weighted by Crippen LogP contribution is 2.18. The molecule has 0 aromatic heterocycles. The van der Waals surface area contributed by atoms with E-state index in [9.17, 15) is 4.79 Å². The number of hydrogen-bond acceptors (Lipinski definition) is 2. The largest absolute Gasteiger partial charge is 0.399 e. The number of carbonyl (C=O) groups excluding carboxylic acids is 1. The first kappa shape index (κ1) is 12.6. The van der Waals surface area contributed by atoms with E-state index in [1.165, 1.54) is 0 Å². The van der Waals surface area contributed by atoms with Crippen LogP contribution in [0.25, 0.3) is 0 Å². The summed E-state index contributed by atoms with van der Waals surface area (Å²) in [5.41, 5.74) is 8.63. The fourth-order valence-corrected chi connectivity index (χ4v) is 1.85. The molecule has 0 atom stereocenters. The molecule has 3 nitrogen and oxygen atoms in total. The Labute approximate surface area is 114 Å². The summed E-state index contributed by atoms with van der Waals surface area (Å²) in [5.74, 6) is -0.142. The van der Waals surface area contributed by atoms with Gasteiger partial charge in [0.05, 0.1) is 0 Å². The lowest BCUT2D eigenvalue weighted by Gasteiger charge is -2.07. The quantitative estimate of drug-likeness (QED) is 0.833. The molecule has 18 heavy (non-hydrogen) atoms. The van der Waals surface area contributed by atoms with Crippen molar-refractivity contribution in [3.8, 4) is 0 Å². The number of amides is 1. The van der Waals surface area contributed by atoms with Crippen LogP contribution in [0.1, 0.15) is 15.9 Å². The number of benzene rings is 2. The van der Waals surface area contributed by atoms with E-state index in [2.05, 4.69) is 21.2 Å². The molecule has 0 aliphatic heterocycles. The predicted octanol–water partition coefficient (Wildman–Crippen LogP) is 3.59. The van der Waals surface area contributed by atoms with Gasteiger partial charge in [-0.3, -0.25) is 4.79 Å². The van der Waals surface area contributed by atoms with Crippen molar-refractivity contribution in [3.05, 3.63) is 58.1 Å². The van der Waals surface area contributed by atoms with Crippen LogP contribution in [0.15, 0.2) is 46.9 Å². The minimum atomic E-state index is -0.142. The Morgan fingerprint density at radius 1 is 1.22 bits per heavy atom. The zero-order chi connectivity index (χ0) is 13.1. The Morgan fingerprint density at radius 2 is 2.00 bits per heavy atom. The van der Waals surface area contributed by atoms with Gasteiger partial charge in [0.25, 0.3) is 5.91 Å². The summed E-state index contributed by atoms with van der Waals surface area (Å²) >= 11 is 3.41. The van der Waals surface area contributed by atoms with Crippen molar-refractivity contribution in [1.29, 1.82) is 0 Å². The Balaban J connectivity index is 2.19. The Kier molecular flexibility index (Phi) is 3.67. The highest BCUT2D eigenvalue weighted by molar-refractivity contribution is 9.10. The van der Waals surface area contributed by atoms with Crippen LogP contribution in [0.5, 0.6) is 0 Å². The van der Waals surface area contributed by atoms with Crippen molar-refractivity contribution in [2.45, 2.75) is 6.92 Å². The lowest BCUT2D eigenvalue weighted by molar-refractivity contribution is 0.102. The van der Waals surface area contributed by atoms with E-state index in [4.69, 9.17) is 5.73 Å². The monoisotopic (exact) mass is 304 g/mol. The van der Waals surface area contributed by atoms with E-state index in [-0.39, 0.29) is 5.91 Å². The summed E-state index contributed by atoms with van der Waals surface area (Å²) in [5, 5.41) is 2.81. The number of hydrogen-bond donors (Lipinski definition) is 2. The van der Waals surface area contributed by atoms with Gasteiger partial charge in [0.15, 0.2) is 0 Å². The van der Waals surface area contributed by atoms with Gasteiger partial charge in [0.2, 0.25) is 0 Å². The molecule has 0 saturated carbocycles. The standard InChI is InChI=1S/C14H13BrN2O/c1-9-7-10(5-6-13(9)15)14(18)17-12-4-2-3-11(16)8-12/h2-8H,16H2,1H3,(H,17,18). The molecule has 1 amide bonds. The van der Waals surface area contributed by atoms with Crippen molar-refractivity contribution in [2.75, 3.05) is 11.1 Å². The molecule has 0 radical (unpaired) electrons. The molecule has 0 spiro atoms. The molecule has 3 N–H and O–H groups in total. The van der Waals surface area contributed by atoms with Crippen molar-refractivity contribution in [3.63, 3.8) is 0 Å². The molecule has 0 saturated heterocycles. The summed E-state index contributed by atoms with van der Waals surface area (Å²) < 4.78 is 0.989. The molecule has 2 rings (SSSR count). The van der Waals surface area contributed by atoms with Gasteiger partial charge < -0.3 is 11.1 Å². The smallest absolute Gasteiger partial charge is 0.255 e. The van der Waals surface area contributed by atoms with Crippen LogP contribution in [-0.4, -0.2) is 5.91 Å². The lowest BCUT2D eigenvalue weighted by atomic mass is 10.1. The molecule has 0 unspecified atom stereocenters. The number of carbonyl (C=O) groups is 1. The molecule has 0 aliphatic rings. The molecule has 0 fully saturated rings. The zero-order valence-electron chi connectivity index (χ0n) is 9.91. The maximum Gasteiger partial charge on any atom is 0.255 e. The second-order valence-electron chi connectivity index (χ2n) is 4.04. The fraction of sp³-hybridized carbons (Fsp3) is 0.0714. The minimum Gasteiger partial charge on any atom is -0.399 e. The summed E-state index contributed by atoms with van der Waals surface area (Å²) in [7, 11) is 0. The van der Waals surface area contributed by atoms with Crippen LogP contribution >= 0.6 is 15.9 Å². The number of nitrogen functional groups attached to an aromatic ring is 1. The summed E-state index contributed by atoms with van der Waals surface area (Å²) in [6, 6.07) is 12.6. The van der Waals surface area contributed by atoms with Gasteiger partial charge in [-0.05, 0) is 48.9 Å². The van der Waals surface area contributed by atoms with Gasteiger partial charge >= 0.3 is 0 Å². The molecular weight excluding hydrogens is 292 g/mol. The van der Waals surface area contributed by atoms with Gasteiger partial charge in [-0.2, -0.15) is 0 Å². The van der Waals surface area contributed by atoms with Gasteiger partial charge in [0, 0.05) is 21.4 Å². The SMILES string of the molecule is Cc1cc(C(=O)Nc2cccc(N)c2)ccc1Br. The van der Waals surface area contributed by atoms with Gasteiger partial charge in [0.1, 0.15) is 0 Å². The normalized spacial score (nSPS) is 10.1. The Bertz CT molecular complexity index is 596. The molecule has 0 bridgehead atoms.